The number of furan rings is 1. The number of carbonyl (C=O) groups excluding carboxylic acids is 2. The van der Waals surface area contributed by atoms with E-state index in [9.17, 15) is 24.2 Å². The molecule has 0 aromatic carbocycles. The molecule has 330 valence electrons. The number of likely N-dealkylation sites (N-methyl/N-ethyl adjacent to an activating group) is 1. The van der Waals surface area contributed by atoms with Gasteiger partial charge >= 0.3 is 19.8 Å². The highest BCUT2D eigenvalue weighted by Crippen LogP contribution is 2.43. The van der Waals surface area contributed by atoms with Crippen molar-refractivity contribution in [2.24, 2.45) is 0 Å². The third-order valence-corrected chi connectivity index (χ3v) is 10.3. The minimum atomic E-state index is -4.44. The van der Waals surface area contributed by atoms with Crippen LogP contribution in [0.25, 0.3) is 0 Å². The molecule has 0 radical (unpaired) electrons. The Balaban J connectivity index is 2.47. The first kappa shape index (κ1) is 53.0. The van der Waals surface area contributed by atoms with Gasteiger partial charge in [0.25, 0.3) is 0 Å². The molecule has 1 aromatic rings. The maximum absolute atomic E-state index is 12.7. The number of rotatable bonds is 34. The number of nitrogens with zero attached hydrogens (tertiary/aromatic N) is 1. The Labute approximate surface area is 350 Å². The van der Waals surface area contributed by atoms with Gasteiger partial charge in [-0.1, -0.05) is 100 Å². The van der Waals surface area contributed by atoms with E-state index in [4.69, 9.17) is 22.9 Å². The molecule has 1 aromatic heterocycles. The molecule has 0 aliphatic heterocycles. The third-order valence-electron chi connectivity index (χ3n) is 9.34. The third kappa shape index (κ3) is 28.4. The highest BCUT2D eigenvalue weighted by Gasteiger charge is 2.27. The second-order valence-corrected chi connectivity index (χ2v) is 17.2. The molecule has 3 atom stereocenters. The lowest BCUT2D eigenvalue weighted by atomic mass is 10.0. The minimum absolute atomic E-state index is 0.0107. The van der Waals surface area contributed by atoms with Gasteiger partial charge in [0.05, 0.1) is 33.9 Å². The summed E-state index contributed by atoms with van der Waals surface area (Å²) in [5.74, 6) is 1.16. The number of carbonyl (C=O) groups is 2. The first-order valence-electron chi connectivity index (χ1n) is 21.5. The minimum Gasteiger partial charge on any atom is -0.466 e. The molecule has 2 N–H and O–H groups in total. The Morgan fingerprint density at radius 3 is 1.97 bits per heavy atom. The number of phosphoric acid groups is 1. The van der Waals surface area contributed by atoms with Gasteiger partial charge in [-0.25, -0.2) is 4.57 Å². The van der Waals surface area contributed by atoms with E-state index in [0.717, 1.165) is 88.6 Å². The van der Waals surface area contributed by atoms with Crippen LogP contribution in [0, 0.1) is 13.8 Å². The van der Waals surface area contributed by atoms with E-state index in [0.29, 0.717) is 30.3 Å². The van der Waals surface area contributed by atoms with Crippen LogP contribution in [-0.4, -0.2) is 86.1 Å². The molecule has 0 spiro atoms. The second kappa shape index (κ2) is 31.8. The van der Waals surface area contributed by atoms with Crippen molar-refractivity contribution in [2.45, 2.75) is 149 Å². The van der Waals surface area contributed by atoms with Crippen LogP contribution in [0.1, 0.15) is 133 Å². The molecular weight excluding hydrogens is 757 g/mol. The first-order valence-corrected chi connectivity index (χ1v) is 23.0. The summed E-state index contributed by atoms with van der Waals surface area (Å²) in [6.07, 6.45) is 31.7. The van der Waals surface area contributed by atoms with Crippen molar-refractivity contribution in [3.05, 3.63) is 83.4 Å². The number of aliphatic hydroxyl groups is 1. The predicted molar refractivity (Wildman–Crippen MR) is 233 cm³/mol. The summed E-state index contributed by atoms with van der Waals surface area (Å²) >= 11 is 0. The van der Waals surface area contributed by atoms with Gasteiger partial charge in [-0.3, -0.25) is 18.6 Å². The van der Waals surface area contributed by atoms with Crippen LogP contribution in [0.3, 0.4) is 0 Å². The van der Waals surface area contributed by atoms with E-state index >= 15 is 0 Å². The number of allylic oxidation sites excluding steroid dienone is 9. The molecule has 0 aliphatic rings. The van der Waals surface area contributed by atoms with Gasteiger partial charge in [-0.05, 0) is 82.8 Å². The molecule has 58 heavy (non-hydrogen) atoms. The van der Waals surface area contributed by atoms with Gasteiger partial charge in [0.15, 0.2) is 6.10 Å². The Hall–Kier alpha value is -3.05. The van der Waals surface area contributed by atoms with E-state index < -0.39 is 38.6 Å². The summed E-state index contributed by atoms with van der Waals surface area (Å²) in [6.45, 7) is 8.20. The van der Waals surface area contributed by atoms with E-state index in [-0.39, 0.29) is 26.1 Å². The normalized spacial score (nSPS) is 14.7. The molecule has 0 saturated carbocycles. The number of aryl methyl sites for hydroxylation is 2. The standard InChI is InChI=1S/C46H76NO10P/c1-8-10-11-12-13-14-15-16-17-18-19-22-25-30-41(48)31-28-34-45(49)53-37-42(38-55-58(51,52)54-36-35-47(5,6)7)56-46(50)33-27-24-21-20-23-26-32-44-40(4)39(3)43(57-44)29-9-2/h10-11,13-14,16-17,19,22,25,30,41-42,48H,8-9,12,15,18,20-21,23-24,26-29,31-38H2,1-7H3/p+1/b11-10-,14-13-,17-16-,22-19-,30-25+/t41?,42-/m1/s1. The molecule has 0 amide bonds. The fourth-order valence-corrected chi connectivity index (χ4v) is 6.48. The second-order valence-electron chi connectivity index (χ2n) is 15.8. The summed E-state index contributed by atoms with van der Waals surface area (Å²) in [4.78, 5) is 35.5. The molecule has 12 heteroatoms. The topological polar surface area (TPSA) is 142 Å². The van der Waals surface area contributed by atoms with Gasteiger partial charge in [-0.15, -0.1) is 0 Å². The number of unbranched alkanes of at least 4 members (excludes halogenated alkanes) is 5. The predicted octanol–water partition coefficient (Wildman–Crippen LogP) is 10.3. The molecule has 1 rings (SSSR count). The number of hydrogen-bond donors (Lipinski definition) is 2. The number of hydrogen-bond acceptors (Lipinski definition) is 9. The average Bonchev–Trinajstić information content (AvgIpc) is 3.42. The van der Waals surface area contributed by atoms with Crippen LogP contribution >= 0.6 is 7.82 Å². The average molecular weight is 835 g/mol. The maximum atomic E-state index is 12.7. The van der Waals surface area contributed by atoms with Gasteiger partial charge in [0, 0.05) is 25.7 Å². The maximum Gasteiger partial charge on any atom is 0.472 e. The van der Waals surface area contributed by atoms with Crippen LogP contribution in [0.4, 0.5) is 0 Å². The first-order chi connectivity index (χ1) is 27.7. The molecule has 11 nitrogen and oxygen atoms in total. The molecule has 0 saturated heterocycles. The summed E-state index contributed by atoms with van der Waals surface area (Å²) in [7, 11) is 1.33. The zero-order valence-electron chi connectivity index (χ0n) is 36.8. The number of ether oxygens (including phenoxy) is 2. The fraction of sp³-hybridized carbons (Fsp3) is 0.652. The number of phosphoric ester groups is 1. The van der Waals surface area contributed by atoms with E-state index in [2.05, 4.69) is 64.2 Å². The van der Waals surface area contributed by atoms with Gasteiger partial charge in [-0.2, -0.15) is 0 Å². The van der Waals surface area contributed by atoms with Crippen LogP contribution < -0.4 is 0 Å². The molecular formula is C46H77NO10P+. The van der Waals surface area contributed by atoms with Crippen molar-refractivity contribution in [1.82, 2.24) is 0 Å². The summed E-state index contributed by atoms with van der Waals surface area (Å²) in [5.41, 5.74) is 2.55. The van der Waals surface area contributed by atoms with Crippen molar-refractivity contribution in [3.63, 3.8) is 0 Å². The van der Waals surface area contributed by atoms with Crippen LogP contribution in [0.5, 0.6) is 0 Å². The lowest BCUT2D eigenvalue weighted by Crippen LogP contribution is -2.37. The molecule has 0 aliphatic carbocycles. The van der Waals surface area contributed by atoms with Crippen molar-refractivity contribution < 1.29 is 51.6 Å². The molecule has 2 unspecified atom stereocenters. The van der Waals surface area contributed by atoms with E-state index in [1.165, 1.54) is 11.1 Å². The molecule has 1 heterocycles. The highest BCUT2D eigenvalue weighted by atomic mass is 31.2. The van der Waals surface area contributed by atoms with Crippen molar-refractivity contribution in [1.29, 1.82) is 0 Å². The Bertz CT molecular complexity index is 1470. The van der Waals surface area contributed by atoms with Crippen molar-refractivity contribution in [2.75, 3.05) is 47.5 Å². The Kier molecular flexibility index (Phi) is 29.1. The fourth-order valence-electron chi connectivity index (χ4n) is 5.73. The Morgan fingerprint density at radius 2 is 1.33 bits per heavy atom. The van der Waals surface area contributed by atoms with Gasteiger partial charge in [0.1, 0.15) is 31.3 Å². The highest BCUT2D eigenvalue weighted by molar-refractivity contribution is 7.47. The zero-order chi connectivity index (χ0) is 43.1. The SMILES string of the molecule is CC/C=C\C/C=C\C/C=C\C/C=C\C=C\C(O)CCCC(=O)OC[C@H](COP(=O)(O)OCC[N+](C)(C)C)OC(=O)CCCCCCCCc1oc(CCC)c(C)c1C. The van der Waals surface area contributed by atoms with Crippen LogP contribution in [0.2, 0.25) is 0 Å². The monoisotopic (exact) mass is 835 g/mol. The van der Waals surface area contributed by atoms with Crippen LogP contribution in [-0.2, 0) is 45.5 Å². The smallest absolute Gasteiger partial charge is 0.466 e. The molecule has 0 bridgehead atoms. The van der Waals surface area contributed by atoms with Gasteiger partial charge < -0.3 is 28.4 Å². The molecule has 0 fully saturated rings. The quantitative estimate of drug-likeness (QED) is 0.0172. The summed E-state index contributed by atoms with van der Waals surface area (Å²) in [5, 5.41) is 10.3. The van der Waals surface area contributed by atoms with Crippen LogP contribution in [0.15, 0.2) is 65.2 Å². The summed E-state index contributed by atoms with van der Waals surface area (Å²) in [6, 6.07) is 0. The number of quaternary nitrogens is 1. The lowest BCUT2D eigenvalue weighted by Gasteiger charge is -2.24. The largest absolute Gasteiger partial charge is 0.472 e. The zero-order valence-corrected chi connectivity index (χ0v) is 37.7. The van der Waals surface area contributed by atoms with E-state index in [1.807, 2.05) is 33.3 Å². The summed E-state index contributed by atoms with van der Waals surface area (Å²) < 4.78 is 40.3. The van der Waals surface area contributed by atoms with Gasteiger partial charge in [0.2, 0.25) is 0 Å². The van der Waals surface area contributed by atoms with Crippen molar-refractivity contribution >= 4 is 19.8 Å². The van der Waals surface area contributed by atoms with Crippen molar-refractivity contribution in [3.8, 4) is 0 Å². The lowest BCUT2D eigenvalue weighted by molar-refractivity contribution is -0.870. The number of esters is 2. The van der Waals surface area contributed by atoms with E-state index in [1.54, 1.807) is 12.2 Å². The number of aliphatic hydroxyl groups excluding tert-OH is 1. The Morgan fingerprint density at radius 1 is 0.741 bits per heavy atom.